The van der Waals surface area contributed by atoms with E-state index >= 15 is 0 Å². The van der Waals surface area contributed by atoms with Gasteiger partial charge in [-0.2, -0.15) is 18.3 Å². The topological polar surface area (TPSA) is 78.6 Å². The highest BCUT2D eigenvalue weighted by molar-refractivity contribution is 5.73. The summed E-state index contributed by atoms with van der Waals surface area (Å²) in [6.45, 7) is 4.56. The molecule has 7 nitrogen and oxygen atoms in total. The average molecular weight is 475 g/mol. The first kappa shape index (κ1) is 23.1. The van der Waals surface area contributed by atoms with E-state index in [1.165, 1.54) is 37.6 Å². The smallest absolute Gasteiger partial charge is 0.373 e. The van der Waals surface area contributed by atoms with Gasteiger partial charge in [0.25, 0.3) is 0 Å². The van der Waals surface area contributed by atoms with E-state index in [4.69, 9.17) is 4.74 Å². The highest BCUT2D eigenvalue weighted by Crippen LogP contribution is 2.49. The van der Waals surface area contributed by atoms with Crippen molar-refractivity contribution in [2.24, 2.45) is 5.92 Å². The molecule has 1 aliphatic heterocycles. The molecule has 6 rings (SSSR count). The number of alkyl halides is 3. The first-order chi connectivity index (χ1) is 16.3. The molecule has 1 unspecified atom stereocenters. The maximum absolute atomic E-state index is 12.6. The zero-order chi connectivity index (χ0) is 23.9. The molecular weight excluding hydrogens is 445 g/mol. The first-order valence-electron chi connectivity index (χ1n) is 12.0. The Morgan fingerprint density at radius 3 is 2.44 bits per heavy atom. The summed E-state index contributed by atoms with van der Waals surface area (Å²) >= 11 is 0. The number of rotatable bonds is 3. The van der Waals surface area contributed by atoms with Crippen LogP contribution in [-0.2, 0) is 4.74 Å². The van der Waals surface area contributed by atoms with E-state index in [9.17, 15) is 13.2 Å². The van der Waals surface area contributed by atoms with E-state index in [0.717, 1.165) is 24.4 Å². The van der Waals surface area contributed by atoms with Crippen LogP contribution in [0.3, 0.4) is 0 Å². The van der Waals surface area contributed by atoms with Gasteiger partial charge in [-0.3, -0.25) is 4.68 Å². The number of fused-ring (bicyclic) bond motifs is 1. The Balaban J connectivity index is 0.000000150. The molecule has 3 aliphatic rings. The fourth-order valence-electron chi connectivity index (χ4n) is 4.53. The van der Waals surface area contributed by atoms with Crippen LogP contribution >= 0.6 is 0 Å². The van der Waals surface area contributed by atoms with Gasteiger partial charge < -0.3 is 4.74 Å². The maximum Gasteiger partial charge on any atom is 0.391 e. The molecule has 0 spiro atoms. The third-order valence-electron chi connectivity index (χ3n) is 6.99. The number of aromatic nitrogens is 6. The fourth-order valence-corrected chi connectivity index (χ4v) is 4.53. The molecule has 0 bridgehead atoms. The van der Waals surface area contributed by atoms with Crippen molar-refractivity contribution in [3.63, 3.8) is 0 Å². The SMILES string of the molecule is Cc1nc2ncnc(C3CC(C(F)(F)F)C3)c2nc1C.c1nn(C2CC2)cc1C1CCCCO1. The van der Waals surface area contributed by atoms with Crippen LogP contribution in [0.15, 0.2) is 18.7 Å². The molecule has 0 radical (unpaired) electrons. The minimum atomic E-state index is -4.11. The summed E-state index contributed by atoms with van der Waals surface area (Å²) < 4.78 is 45.5. The summed E-state index contributed by atoms with van der Waals surface area (Å²) in [5.74, 6) is -1.43. The summed E-state index contributed by atoms with van der Waals surface area (Å²) in [6, 6.07) is 0.687. The number of aryl methyl sites for hydroxylation is 2. The molecule has 2 aliphatic carbocycles. The van der Waals surface area contributed by atoms with Crippen molar-refractivity contribution in [1.82, 2.24) is 29.7 Å². The second kappa shape index (κ2) is 9.20. The Morgan fingerprint density at radius 2 is 1.76 bits per heavy atom. The number of hydrogen-bond donors (Lipinski definition) is 0. The molecule has 1 atom stereocenters. The summed E-state index contributed by atoms with van der Waals surface area (Å²) in [6.07, 6.45) is 8.12. The van der Waals surface area contributed by atoms with Gasteiger partial charge in [0.2, 0.25) is 0 Å². The van der Waals surface area contributed by atoms with Crippen LogP contribution in [-0.4, -0.2) is 42.5 Å². The van der Waals surface area contributed by atoms with Crippen LogP contribution in [0.2, 0.25) is 0 Å². The molecule has 10 heteroatoms. The highest BCUT2D eigenvalue weighted by atomic mass is 19.4. The van der Waals surface area contributed by atoms with Gasteiger partial charge in [-0.15, -0.1) is 0 Å². The minimum Gasteiger partial charge on any atom is -0.373 e. The van der Waals surface area contributed by atoms with Gasteiger partial charge >= 0.3 is 6.18 Å². The lowest BCUT2D eigenvalue weighted by Gasteiger charge is -2.36. The molecule has 4 heterocycles. The van der Waals surface area contributed by atoms with Gasteiger partial charge in [-0.1, -0.05) is 0 Å². The quantitative estimate of drug-likeness (QED) is 0.495. The van der Waals surface area contributed by atoms with E-state index in [0.29, 0.717) is 29.0 Å². The first-order valence-corrected chi connectivity index (χ1v) is 12.0. The Hall–Kier alpha value is -2.62. The average Bonchev–Trinajstić information content (AvgIpc) is 3.50. The largest absolute Gasteiger partial charge is 0.391 e. The van der Waals surface area contributed by atoms with Crippen molar-refractivity contribution >= 4 is 11.2 Å². The summed E-state index contributed by atoms with van der Waals surface area (Å²) in [5.41, 5.74) is 4.36. The Morgan fingerprint density at radius 1 is 1.00 bits per heavy atom. The zero-order valence-electron chi connectivity index (χ0n) is 19.4. The fraction of sp³-hybridized carbons (Fsp3) is 0.625. The van der Waals surface area contributed by atoms with E-state index < -0.39 is 12.1 Å². The van der Waals surface area contributed by atoms with Crippen LogP contribution in [0.25, 0.3) is 11.2 Å². The van der Waals surface area contributed by atoms with Gasteiger partial charge in [0.15, 0.2) is 5.65 Å². The molecule has 182 valence electrons. The lowest BCUT2D eigenvalue weighted by molar-refractivity contribution is -0.197. The zero-order valence-corrected chi connectivity index (χ0v) is 19.4. The molecule has 2 saturated carbocycles. The van der Waals surface area contributed by atoms with Crippen molar-refractivity contribution in [3.8, 4) is 0 Å². The van der Waals surface area contributed by atoms with Crippen molar-refractivity contribution in [1.29, 1.82) is 0 Å². The monoisotopic (exact) mass is 474 g/mol. The normalized spacial score (nSPS) is 24.9. The van der Waals surface area contributed by atoms with Gasteiger partial charge in [0.05, 0.1) is 41.3 Å². The third kappa shape index (κ3) is 4.92. The predicted octanol–water partition coefficient (Wildman–Crippen LogP) is 5.55. The predicted molar refractivity (Wildman–Crippen MR) is 119 cm³/mol. The van der Waals surface area contributed by atoms with Gasteiger partial charge in [-0.05, 0) is 58.8 Å². The molecule has 3 aromatic heterocycles. The second-order valence-electron chi connectivity index (χ2n) is 9.57. The molecular formula is C24H29F3N6O. The van der Waals surface area contributed by atoms with Gasteiger partial charge in [0, 0.05) is 24.3 Å². The molecule has 0 amide bonds. The maximum atomic E-state index is 12.6. The summed E-state index contributed by atoms with van der Waals surface area (Å²) in [4.78, 5) is 16.9. The van der Waals surface area contributed by atoms with Crippen LogP contribution in [0.1, 0.15) is 85.7 Å². The molecule has 3 aromatic rings. The van der Waals surface area contributed by atoms with E-state index in [1.807, 2.05) is 20.0 Å². The Bertz CT molecular complexity index is 1150. The van der Waals surface area contributed by atoms with Gasteiger partial charge in [-0.25, -0.2) is 19.9 Å². The summed E-state index contributed by atoms with van der Waals surface area (Å²) in [5, 5.41) is 4.39. The second-order valence-corrected chi connectivity index (χ2v) is 9.57. The van der Waals surface area contributed by atoms with Gasteiger partial charge in [0.1, 0.15) is 11.8 Å². The van der Waals surface area contributed by atoms with Crippen LogP contribution < -0.4 is 0 Å². The minimum absolute atomic E-state index is 0.0736. The number of nitrogens with zero attached hydrogens (tertiary/aromatic N) is 6. The van der Waals surface area contributed by atoms with Crippen molar-refractivity contribution < 1.29 is 17.9 Å². The lowest BCUT2D eigenvalue weighted by atomic mass is 9.72. The Labute approximate surface area is 196 Å². The van der Waals surface area contributed by atoms with Crippen LogP contribution in [0.5, 0.6) is 0 Å². The molecule has 3 fully saturated rings. The molecule has 0 N–H and O–H groups in total. The lowest BCUT2D eigenvalue weighted by Crippen LogP contribution is -2.35. The summed E-state index contributed by atoms with van der Waals surface area (Å²) in [7, 11) is 0. The number of ether oxygens (including phenoxy) is 1. The standard InChI is InChI=1S/C13H13F3N4.C11H16N2O/c1-6-7(2)20-12-11(19-6)10(17-5-18-12)8-3-9(4-8)13(14,15)16;1-2-6-14-11(3-1)9-7-12-13(8-9)10-4-5-10/h5,8-9H,3-4H2,1-2H3;7-8,10-11H,1-6H2. The van der Waals surface area contributed by atoms with Crippen molar-refractivity contribution in [2.45, 2.75) is 83.0 Å². The van der Waals surface area contributed by atoms with Crippen molar-refractivity contribution in [3.05, 3.63) is 41.4 Å². The van der Waals surface area contributed by atoms with Crippen LogP contribution in [0.4, 0.5) is 13.2 Å². The van der Waals surface area contributed by atoms with E-state index in [1.54, 1.807) is 0 Å². The molecule has 0 aromatic carbocycles. The van der Waals surface area contributed by atoms with E-state index in [2.05, 4.69) is 35.9 Å². The third-order valence-corrected chi connectivity index (χ3v) is 6.99. The van der Waals surface area contributed by atoms with Crippen molar-refractivity contribution in [2.75, 3.05) is 6.61 Å². The highest BCUT2D eigenvalue weighted by Gasteiger charge is 2.49. The molecule has 34 heavy (non-hydrogen) atoms. The number of halogens is 3. The number of hydrogen-bond acceptors (Lipinski definition) is 6. The Kier molecular flexibility index (Phi) is 6.26. The van der Waals surface area contributed by atoms with Crippen LogP contribution in [0, 0.1) is 19.8 Å². The van der Waals surface area contributed by atoms with E-state index in [-0.39, 0.29) is 18.8 Å². The molecule has 1 saturated heterocycles.